The summed E-state index contributed by atoms with van der Waals surface area (Å²) in [7, 11) is 0. The van der Waals surface area contributed by atoms with Crippen LogP contribution >= 0.6 is 0 Å². The van der Waals surface area contributed by atoms with Crippen LogP contribution in [0, 0.1) is 10.1 Å². The smallest absolute Gasteiger partial charge is 0.273 e. The number of nitrogens with one attached hydrogen (secondary N) is 1. The Morgan fingerprint density at radius 2 is 2.24 bits per heavy atom. The summed E-state index contributed by atoms with van der Waals surface area (Å²) in [5.41, 5.74) is 0.0582. The molecule has 1 rings (SSSR count). The molecular weight excluding hydrogens is 220 g/mol. The fraction of sp³-hybridized carbons (Fsp3) is 0.500. The third kappa shape index (κ3) is 5.31. The Morgan fingerprint density at radius 1 is 1.47 bits per heavy atom. The zero-order valence-electron chi connectivity index (χ0n) is 10.2. The van der Waals surface area contributed by atoms with Crippen LogP contribution in [0.1, 0.15) is 20.3 Å². The van der Waals surface area contributed by atoms with E-state index in [0.29, 0.717) is 18.4 Å². The summed E-state index contributed by atoms with van der Waals surface area (Å²) in [4.78, 5) is 10.1. The highest BCUT2D eigenvalue weighted by Gasteiger charge is 2.05. The Morgan fingerprint density at radius 3 is 2.88 bits per heavy atom. The third-order valence-electron chi connectivity index (χ3n) is 2.17. The average molecular weight is 238 g/mol. The number of nitro benzene ring substituents is 1. The number of nitro groups is 1. The summed E-state index contributed by atoms with van der Waals surface area (Å²) in [6.45, 7) is 5.61. The van der Waals surface area contributed by atoms with E-state index in [0.717, 1.165) is 13.0 Å². The lowest BCUT2D eigenvalue weighted by Gasteiger charge is -2.08. The van der Waals surface area contributed by atoms with E-state index in [9.17, 15) is 10.1 Å². The number of hydrogen-bond donors (Lipinski definition) is 1. The first kappa shape index (κ1) is 13.4. The first-order chi connectivity index (χ1) is 8.09. The van der Waals surface area contributed by atoms with Crippen molar-refractivity contribution >= 4 is 5.69 Å². The molecule has 17 heavy (non-hydrogen) atoms. The minimum absolute atomic E-state index is 0.0582. The summed E-state index contributed by atoms with van der Waals surface area (Å²) in [6, 6.07) is 6.71. The van der Waals surface area contributed by atoms with Crippen LogP contribution in [0.5, 0.6) is 5.75 Å². The monoisotopic (exact) mass is 238 g/mol. The van der Waals surface area contributed by atoms with Gasteiger partial charge in [-0.05, 0) is 19.0 Å². The van der Waals surface area contributed by atoms with Crippen LogP contribution in [0.25, 0.3) is 0 Å². The zero-order chi connectivity index (χ0) is 12.7. The first-order valence-corrected chi connectivity index (χ1v) is 5.70. The zero-order valence-corrected chi connectivity index (χ0v) is 10.2. The molecule has 0 aliphatic rings. The average Bonchev–Trinajstić information content (AvgIpc) is 2.28. The maximum Gasteiger partial charge on any atom is 0.273 e. The molecule has 5 heteroatoms. The maximum atomic E-state index is 10.5. The number of nitrogens with zero attached hydrogens (tertiary/aromatic N) is 1. The number of non-ortho nitro benzene ring substituents is 1. The van der Waals surface area contributed by atoms with Crippen molar-refractivity contribution in [2.75, 3.05) is 13.2 Å². The summed E-state index contributed by atoms with van der Waals surface area (Å²) in [6.07, 6.45) is 0.876. The quantitative estimate of drug-likeness (QED) is 0.450. The highest BCUT2D eigenvalue weighted by molar-refractivity contribution is 5.37. The van der Waals surface area contributed by atoms with E-state index in [1.165, 1.54) is 12.1 Å². The van der Waals surface area contributed by atoms with E-state index in [1.807, 2.05) is 0 Å². The molecule has 0 atom stereocenters. The van der Waals surface area contributed by atoms with E-state index in [4.69, 9.17) is 4.74 Å². The van der Waals surface area contributed by atoms with Crippen molar-refractivity contribution in [3.05, 3.63) is 34.4 Å². The Balaban J connectivity index is 2.31. The van der Waals surface area contributed by atoms with Gasteiger partial charge in [-0.25, -0.2) is 0 Å². The molecule has 0 unspecified atom stereocenters. The molecule has 0 bridgehead atoms. The molecule has 94 valence electrons. The summed E-state index contributed by atoms with van der Waals surface area (Å²) in [5, 5.41) is 13.8. The molecule has 0 aliphatic carbocycles. The summed E-state index contributed by atoms with van der Waals surface area (Å²) >= 11 is 0. The van der Waals surface area contributed by atoms with E-state index in [2.05, 4.69) is 19.2 Å². The molecule has 0 radical (unpaired) electrons. The van der Waals surface area contributed by atoms with E-state index < -0.39 is 4.92 Å². The van der Waals surface area contributed by atoms with Crippen LogP contribution in [0.2, 0.25) is 0 Å². The lowest BCUT2D eigenvalue weighted by atomic mass is 10.3. The lowest BCUT2D eigenvalue weighted by molar-refractivity contribution is -0.384. The molecule has 5 nitrogen and oxygen atoms in total. The van der Waals surface area contributed by atoms with Crippen molar-refractivity contribution in [1.82, 2.24) is 5.32 Å². The van der Waals surface area contributed by atoms with Crippen molar-refractivity contribution < 1.29 is 9.66 Å². The highest BCUT2D eigenvalue weighted by atomic mass is 16.6. The Kier molecular flexibility index (Phi) is 5.42. The van der Waals surface area contributed by atoms with Crippen molar-refractivity contribution in [2.24, 2.45) is 0 Å². The molecule has 0 aliphatic heterocycles. The Labute approximate surface area is 101 Å². The molecule has 1 N–H and O–H groups in total. The second kappa shape index (κ2) is 6.85. The van der Waals surface area contributed by atoms with Gasteiger partial charge >= 0.3 is 0 Å². The van der Waals surface area contributed by atoms with Crippen LogP contribution in [0.15, 0.2) is 24.3 Å². The fourth-order valence-electron chi connectivity index (χ4n) is 1.34. The first-order valence-electron chi connectivity index (χ1n) is 5.70. The van der Waals surface area contributed by atoms with Gasteiger partial charge in [0, 0.05) is 12.1 Å². The molecule has 0 amide bonds. The van der Waals surface area contributed by atoms with Gasteiger partial charge < -0.3 is 10.1 Å². The largest absolute Gasteiger partial charge is 0.493 e. The molecule has 0 heterocycles. The molecule has 0 spiro atoms. The number of hydrogen-bond acceptors (Lipinski definition) is 4. The molecular formula is C12H18N2O3. The van der Waals surface area contributed by atoms with Gasteiger partial charge in [-0.15, -0.1) is 0 Å². The van der Waals surface area contributed by atoms with Crippen molar-refractivity contribution in [3.63, 3.8) is 0 Å². The van der Waals surface area contributed by atoms with Gasteiger partial charge in [0.15, 0.2) is 0 Å². The van der Waals surface area contributed by atoms with Crippen molar-refractivity contribution in [2.45, 2.75) is 26.3 Å². The highest BCUT2D eigenvalue weighted by Crippen LogP contribution is 2.18. The minimum atomic E-state index is -0.423. The molecule has 1 aromatic carbocycles. The predicted molar refractivity (Wildman–Crippen MR) is 66.3 cm³/mol. The van der Waals surface area contributed by atoms with Crippen molar-refractivity contribution in [3.8, 4) is 5.75 Å². The van der Waals surface area contributed by atoms with E-state index in [-0.39, 0.29) is 5.69 Å². The molecule has 0 fully saturated rings. The normalized spacial score (nSPS) is 10.5. The van der Waals surface area contributed by atoms with Gasteiger partial charge in [0.2, 0.25) is 0 Å². The molecule has 0 saturated heterocycles. The van der Waals surface area contributed by atoms with Crippen LogP contribution in [0.3, 0.4) is 0 Å². The summed E-state index contributed by atoms with van der Waals surface area (Å²) < 4.78 is 5.43. The summed E-state index contributed by atoms with van der Waals surface area (Å²) in [5.74, 6) is 0.545. The molecule has 0 aromatic heterocycles. The standard InChI is InChI=1S/C12H18N2O3/c1-10(2)13-7-4-8-17-12-6-3-5-11(9-12)14(15)16/h3,5-6,9-10,13H,4,7-8H2,1-2H3. The lowest BCUT2D eigenvalue weighted by Crippen LogP contribution is -2.24. The maximum absolute atomic E-state index is 10.5. The van der Waals surface area contributed by atoms with Crippen LogP contribution < -0.4 is 10.1 Å². The third-order valence-corrected chi connectivity index (χ3v) is 2.17. The second-order valence-corrected chi connectivity index (χ2v) is 4.07. The molecule has 1 aromatic rings. The van der Waals surface area contributed by atoms with Gasteiger partial charge in [-0.2, -0.15) is 0 Å². The van der Waals surface area contributed by atoms with Gasteiger partial charge in [0.1, 0.15) is 5.75 Å². The van der Waals surface area contributed by atoms with Gasteiger partial charge in [-0.3, -0.25) is 10.1 Å². The number of rotatable bonds is 7. The van der Waals surface area contributed by atoms with E-state index >= 15 is 0 Å². The van der Waals surface area contributed by atoms with Crippen LogP contribution in [0.4, 0.5) is 5.69 Å². The Hall–Kier alpha value is -1.62. The van der Waals surface area contributed by atoms with Crippen molar-refractivity contribution in [1.29, 1.82) is 0 Å². The van der Waals surface area contributed by atoms with Gasteiger partial charge in [-0.1, -0.05) is 19.9 Å². The van der Waals surface area contributed by atoms with Crippen LogP contribution in [-0.2, 0) is 0 Å². The van der Waals surface area contributed by atoms with Gasteiger partial charge in [0.25, 0.3) is 5.69 Å². The number of ether oxygens (including phenoxy) is 1. The fourth-order valence-corrected chi connectivity index (χ4v) is 1.34. The number of benzene rings is 1. The second-order valence-electron chi connectivity index (χ2n) is 4.07. The topological polar surface area (TPSA) is 64.4 Å². The van der Waals surface area contributed by atoms with E-state index in [1.54, 1.807) is 12.1 Å². The SMILES string of the molecule is CC(C)NCCCOc1cccc([N+](=O)[O-])c1. The van der Waals surface area contributed by atoms with Gasteiger partial charge in [0.05, 0.1) is 17.6 Å². The Bertz CT molecular complexity index is 367. The van der Waals surface area contributed by atoms with Crippen LogP contribution in [-0.4, -0.2) is 24.1 Å². The molecule has 0 saturated carbocycles. The predicted octanol–water partition coefficient (Wildman–Crippen LogP) is 2.36. The minimum Gasteiger partial charge on any atom is -0.493 e.